The van der Waals surface area contributed by atoms with Crippen LogP contribution in [0.5, 0.6) is 5.75 Å². The fourth-order valence-corrected chi connectivity index (χ4v) is 5.90. The molecule has 48 heavy (non-hydrogen) atoms. The molecule has 0 radical (unpaired) electrons. The third-order valence-corrected chi connectivity index (χ3v) is 8.92. The number of ether oxygens (including phenoxy) is 2. The van der Waals surface area contributed by atoms with Gasteiger partial charge in [0.25, 0.3) is 11.8 Å². The number of carbonyl (C=O) groups is 2. The van der Waals surface area contributed by atoms with Gasteiger partial charge in [-0.1, -0.05) is 31.2 Å². The molecule has 0 unspecified atom stereocenters. The molecule has 0 spiro atoms. The summed E-state index contributed by atoms with van der Waals surface area (Å²) >= 11 is 0. The lowest BCUT2D eigenvalue weighted by molar-refractivity contribution is -0.0177. The van der Waals surface area contributed by atoms with Crippen LogP contribution >= 0.6 is 0 Å². The Labute approximate surface area is 285 Å². The Morgan fingerprint density at radius 3 is 2.48 bits per heavy atom. The lowest BCUT2D eigenvalue weighted by Crippen LogP contribution is -2.47. The second-order valence-electron chi connectivity index (χ2n) is 13.3. The van der Waals surface area contributed by atoms with Gasteiger partial charge in [0.1, 0.15) is 5.75 Å². The van der Waals surface area contributed by atoms with Crippen molar-refractivity contribution < 1.29 is 24.2 Å². The van der Waals surface area contributed by atoms with E-state index in [9.17, 15) is 14.7 Å². The van der Waals surface area contributed by atoms with E-state index in [1.165, 1.54) is 0 Å². The first kappa shape index (κ1) is 36.7. The number of aliphatic hydroxyl groups is 1. The number of fused-ring (bicyclic) bond motifs is 1. The van der Waals surface area contributed by atoms with Gasteiger partial charge in [-0.2, -0.15) is 0 Å². The van der Waals surface area contributed by atoms with E-state index >= 15 is 0 Å². The highest BCUT2D eigenvalue weighted by molar-refractivity contribution is 6.05. The minimum Gasteiger partial charge on any atom is -0.490 e. The molecule has 2 amide bonds. The molecule has 4 rings (SSSR count). The Kier molecular flexibility index (Phi) is 13.3. The maximum Gasteiger partial charge on any atom is 0.258 e. The summed E-state index contributed by atoms with van der Waals surface area (Å²) in [5.74, 6) is 0.161. The summed E-state index contributed by atoms with van der Waals surface area (Å²) in [5.41, 5.74) is 10.1. The number of hydrogen-bond donors (Lipinski definition) is 3. The average Bonchev–Trinajstić information content (AvgIpc) is 3.06. The van der Waals surface area contributed by atoms with Crippen LogP contribution in [0, 0.1) is 5.92 Å². The first-order valence-corrected chi connectivity index (χ1v) is 16.9. The Morgan fingerprint density at radius 1 is 1.06 bits per heavy atom. The smallest absolute Gasteiger partial charge is 0.258 e. The van der Waals surface area contributed by atoms with Crippen molar-refractivity contribution in [1.82, 2.24) is 9.80 Å². The fraction of sp³-hybridized carbons (Fsp3) is 0.474. The van der Waals surface area contributed by atoms with Crippen LogP contribution < -0.4 is 20.7 Å². The molecule has 0 bridgehead atoms. The first-order valence-electron chi connectivity index (χ1n) is 16.9. The molecule has 10 heteroatoms. The number of amides is 2. The number of hydrogen-bond acceptors (Lipinski definition) is 8. The summed E-state index contributed by atoms with van der Waals surface area (Å²) in [6.07, 6.45) is 2.48. The van der Waals surface area contributed by atoms with E-state index in [0.29, 0.717) is 54.5 Å². The molecule has 3 aromatic carbocycles. The van der Waals surface area contributed by atoms with Gasteiger partial charge in [0.05, 0.1) is 41.8 Å². The van der Waals surface area contributed by atoms with Gasteiger partial charge in [0.15, 0.2) is 0 Å². The SMILES string of the molecule is C[C@H](CO)N1C[C@H](C)[C@@H](CN(C)Cc2ccc(C(=O)Nc3ccccc3N)cc2)OCCCC[C@H](C)Oc2ccc(N(C)C)cc2C1=O. The molecular weight excluding hydrogens is 606 g/mol. The summed E-state index contributed by atoms with van der Waals surface area (Å²) in [7, 11) is 5.94. The second kappa shape index (κ2) is 17.3. The normalized spacial score (nSPS) is 20.0. The number of likely N-dealkylation sites (N-methyl/N-ethyl adjacent to an activating group) is 1. The topological polar surface area (TPSA) is 121 Å². The maximum absolute atomic E-state index is 14.2. The highest BCUT2D eigenvalue weighted by atomic mass is 16.5. The molecule has 1 aliphatic heterocycles. The van der Waals surface area contributed by atoms with Crippen molar-refractivity contribution in [3.05, 3.63) is 83.4 Å². The third kappa shape index (κ3) is 9.95. The van der Waals surface area contributed by atoms with Gasteiger partial charge in [0.2, 0.25) is 0 Å². The first-order chi connectivity index (χ1) is 23.0. The van der Waals surface area contributed by atoms with E-state index in [-0.39, 0.29) is 36.5 Å². The van der Waals surface area contributed by atoms with E-state index in [1.807, 2.05) is 87.4 Å². The van der Waals surface area contributed by atoms with Gasteiger partial charge in [-0.25, -0.2) is 0 Å². The predicted octanol–water partition coefficient (Wildman–Crippen LogP) is 5.51. The van der Waals surface area contributed by atoms with Crippen LogP contribution in [0.25, 0.3) is 0 Å². The molecule has 1 aliphatic rings. The number of nitrogens with zero attached hydrogens (tertiary/aromatic N) is 3. The molecule has 0 saturated heterocycles. The van der Waals surface area contributed by atoms with Crippen molar-refractivity contribution in [3.8, 4) is 5.75 Å². The highest BCUT2D eigenvalue weighted by Crippen LogP contribution is 2.29. The number of nitrogens with two attached hydrogens (primary N) is 1. The van der Waals surface area contributed by atoms with Crippen molar-refractivity contribution in [2.45, 2.75) is 64.8 Å². The van der Waals surface area contributed by atoms with Crippen molar-refractivity contribution >= 4 is 28.9 Å². The quantitative estimate of drug-likeness (QED) is 0.257. The highest BCUT2D eigenvalue weighted by Gasteiger charge is 2.30. The number of aliphatic hydroxyl groups excluding tert-OH is 1. The Balaban J connectivity index is 1.49. The van der Waals surface area contributed by atoms with Gasteiger partial charge < -0.3 is 35.4 Å². The minimum atomic E-state index is -0.395. The number of para-hydroxylation sites is 2. The molecule has 4 atom stereocenters. The molecule has 260 valence electrons. The Hall–Kier alpha value is -4.12. The lowest BCUT2D eigenvalue weighted by atomic mass is 10.0. The summed E-state index contributed by atoms with van der Waals surface area (Å²) in [6.45, 7) is 8.18. The van der Waals surface area contributed by atoms with E-state index in [0.717, 1.165) is 30.5 Å². The van der Waals surface area contributed by atoms with Crippen LogP contribution in [0.1, 0.15) is 66.3 Å². The number of nitrogens with one attached hydrogen (secondary N) is 1. The van der Waals surface area contributed by atoms with Crippen molar-refractivity contribution in [1.29, 1.82) is 0 Å². The van der Waals surface area contributed by atoms with Crippen LogP contribution in [-0.2, 0) is 11.3 Å². The summed E-state index contributed by atoms with van der Waals surface area (Å²) in [6, 6.07) is 20.1. The molecule has 3 aromatic rings. The maximum atomic E-state index is 14.2. The number of anilines is 3. The number of carbonyl (C=O) groups excluding carboxylic acids is 2. The zero-order chi connectivity index (χ0) is 34.8. The van der Waals surface area contributed by atoms with Gasteiger partial charge >= 0.3 is 0 Å². The number of nitrogen functional groups attached to an aromatic ring is 1. The standard InChI is InChI=1S/C38H53N5O5/c1-26-22-43(27(2)25-44)38(46)32-21-31(41(4)5)18-19-35(32)48-28(3)11-9-10-20-47-36(26)24-42(6)23-29-14-16-30(17-15-29)37(45)40-34-13-8-7-12-33(34)39/h7-8,12-19,21,26-28,36,44H,9-11,20,22-25,39H2,1-6H3,(H,40,45)/t26-,27+,28-,36+/m0/s1. The van der Waals surface area contributed by atoms with Crippen LogP contribution in [-0.4, -0.2) is 92.4 Å². The fourth-order valence-electron chi connectivity index (χ4n) is 5.90. The second-order valence-corrected chi connectivity index (χ2v) is 13.3. The van der Waals surface area contributed by atoms with Crippen LogP contribution in [0.3, 0.4) is 0 Å². The van der Waals surface area contributed by atoms with Gasteiger partial charge in [-0.05, 0) is 88.2 Å². The predicted molar refractivity (Wildman–Crippen MR) is 193 cm³/mol. The zero-order valence-corrected chi connectivity index (χ0v) is 29.3. The molecular formula is C38H53N5O5. The minimum absolute atomic E-state index is 0.0230. The molecule has 10 nitrogen and oxygen atoms in total. The molecule has 0 aromatic heterocycles. The lowest BCUT2D eigenvalue weighted by Gasteiger charge is -2.36. The monoisotopic (exact) mass is 659 g/mol. The van der Waals surface area contributed by atoms with Crippen LogP contribution in [0.4, 0.5) is 17.1 Å². The Bertz CT molecular complexity index is 1500. The average molecular weight is 660 g/mol. The summed E-state index contributed by atoms with van der Waals surface area (Å²) in [5, 5.41) is 13.1. The van der Waals surface area contributed by atoms with E-state index < -0.39 is 6.04 Å². The molecule has 1 heterocycles. The van der Waals surface area contributed by atoms with Crippen molar-refractivity contribution in [3.63, 3.8) is 0 Å². The molecule has 0 aliphatic carbocycles. The van der Waals surface area contributed by atoms with Crippen LogP contribution in [0.2, 0.25) is 0 Å². The van der Waals surface area contributed by atoms with E-state index in [4.69, 9.17) is 15.2 Å². The van der Waals surface area contributed by atoms with Crippen LogP contribution in [0.15, 0.2) is 66.7 Å². The number of benzene rings is 3. The Morgan fingerprint density at radius 2 is 1.79 bits per heavy atom. The molecule has 0 fully saturated rings. The van der Waals surface area contributed by atoms with Gasteiger partial charge in [-0.15, -0.1) is 0 Å². The largest absolute Gasteiger partial charge is 0.490 e. The zero-order valence-electron chi connectivity index (χ0n) is 29.3. The van der Waals surface area contributed by atoms with E-state index in [1.54, 1.807) is 17.0 Å². The van der Waals surface area contributed by atoms with Gasteiger partial charge in [-0.3, -0.25) is 14.5 Å². The number of rotatable bonds is 9. The summed E-state index contributed by atoms with van der Waals surface area (Å²) in [4.78, 5) is 33.0. The van der Waals surface area contributed by atoms with Crippen molar-refractivity contribution in [2.75, 3.05) is 63.4 Å². The molecule has 0 saturated carbocycles. The summed E-state index contributed by atoms with van der Waals surface area (Å²) < 4.78 is 12.8. The van der Waals surface area contributed by atoms with E-state index in [2.05, 4.69) is 24.2 Å². The molecule has 4 N–H and O–H groups in total. The third-order valence-electron chi connectivity index (χ3n) is 8.92. The van der Waals surface area contributed by atoms with Gasteiger partial charge in [0, 0.05) is 57.5 Å². The van der Waals surface area contributed by atoms with Crippen molar-refractivity contribution in [2.24, 2.45) is 5.92 Å².